The van der Waals surface area contributed by atoms with Crippen LogP contribution in [0.4, 0.5) is 0 Å². The molecule has 2 saturated carbocycles. The minimum absolute atomic E-state index is 0. The second kappa shape index (κ2) is 5.56. The van der Waals surface area contributed by atoms with Crippen molar-refractivity contribution in [2.75, 3.05) is 19.6 Å². The number of rotatable bonds is 5. The van der Waals surface area contributed by atoms with E-state index < -0.39 is 0 Å². The summed E-state index contributed by atoms with van der Waals surface area (Å²) < 4.78 is 0. The van der Waals surface area contributed by atoms with Gasteiger partial charge in [-0.1, -0.05) is 0 Å². The van der Waals surface area contributed by atoms with Gasteiger partial charge in [0, 0.05) is 19.6 Å². The van der Waals surface area contributed by atoms with E-state index in [1.165, 1.54) is 25.7 Å². The Morgan fingerprint density at radius 1 is 1.31 bits per heavy atom. The highest BCUT2D eigenvalue weighted by atomic mass is 127. The molecule has 0 spiro atoms. The molecule has 0 aliphatic heterocycles. The van der Waals surface area contributed by atoms with Crippen molar-refractivity contribution in [3.05, 3.63) is 0 Å². The predicted octanol–water partition coefficient (Wildman–Crippen LogP) is 2.45. The molecule has 0 aromatic heterocycles. The van der Waals surface area contributed by atoms with Crippen LogP contribution in [0.15, 0.2) is 4.99 Å². The van der Waals surface area contributed by atoms with Gasteiger partial charge in [-0.2, -0.15) is 0 Å². The lowest BCUT2D eigenvalue weighted by Gasteiger charge is -2.20. The second-order valence-corrected chi connectivity index (χ2v) is 4.98. The van der Waals surface area contributed by atoms with Gasteiger partial charge in [0.1, 0.15) is 0 Å². The molecule has 0 radical (unpaired) electrons. The number of aliphatic imine (C=N–C) groups is 1. The Balaban J connectivity index is 0.00000128. The smallest absolute Gasteiger partial charge is 0.191 e. The van der Waals surface area contributed by atoms with E-state index in [4.69, 9.17) is 5.73 Å². The summed E-state index contributed by atoms with van der Waals surface area (Å²) >= 11 is 0. The summed E-state index contributed by atoms with van der Waals surface area (Å²) in [6, 6.07) is 0. The summed E-state index contributed by atoms with van der Waals surface area (Å²) in [7, 11) is 0. The van der Waals surface area contributed by atoms with E-state index in [2.05, 4.69) is 23.7 Å². The molecule has 4 heteroatoms. The van der Waals surface area contributed by atoms with Crippen LogP contribution in [-0.4, -0.2) is 30.5 Å². The van der Waals surface area contributed by atoms with Crippen LogP contribution in [0.3, 0.4) is 0 Å². The molecule has 0 bridgehead atoms. The van der Waals surface area contributed by atoms with Crippen molar-refractivity contribution in [3.8, 4) is 0 Å². The zero-order chi connectivity index (χ0) is 10.9. The maximum absolute atomic E-state index is 5.97. The Morgan fingerprint density at radius 2 is 1.88 bits per heavy atom. The van der Waals surface area contributed by atoms with Crippen LogP contribution < -0.4 is 5.73 Å². The van der Waals surface area contributed by atoms with Crippen LogP contribution in [0.1, 0.15) is 39.5 Å². The SMILES string of the molecule is CCN(CC)C(N)=NCC1(C2CC2)CC1.I. The standard InChI is InChI=1S/C12H23N3.HI/c1-3-15(4-2)11(13)14-9-12(7-8-12)10-5-6-10;/h10H,3-9H2,1-2H3,(H2,13,14);1H. The molecule has 2 rings (SSSR count). The predicted molar refractivity (Wildman–Crippen MR) is 79.2 cm³/mol. The van der Waals surface area contributed by atoms with Gasteiger partial charge in [0.15, 0.2) is 5.96 Å². The van der Waals surface area contributed by atoms with Crippen LogP contribution in [0.2, 0.25) is 0 Å². The summed E-state index contributed by atoms with van der Waals surface area (Å²) in [5, 5.41) is 0. The third kappa shape index (κ3) is 3.02. The fraction of sp³-hybridized carbons (Fsp3) is 0.917. The quantitative estimate of drug-likeness (QED) is 0.476. The van der Waals surface area contributed by atoms with Crippen LogP contribution in [0, 0.1) is 11.3 Å². The van der Waals surface area contributed by atoms with Crippen molar-refractivity contribution in [2.24, 2.45) is 22.1 Å². The van der Waals surface area contributed by atoms with Gasteiger partial charge in [-0.3, -0.25) is 4.99 Å². The van der Waals surface area contributed by atoms with E-state index in [-0.39, 0.29) is 24.0 Å². The van der Waals surface area contributed by atoms with E-state index in [0.717, 1.165) is 31.5 Å². The average molecular weight is 337 g/mol. The van der Waals surface area contributed by atoms with E-state index >= 15 is 0 Å². The second-order valence-electron chi connectivity index (χ2n) is 4.98. The number of hydrogen-bond acceptors (Lipinski definition) is 1. The number of guanidine groups is 1. The maximum atomic E-state index is 5.97. The molecule has 2 N–H and O–H groups in total. The molecule has 0 heterocycles. The van der Waals surface area contributed by atoms with Crippen LogP contribution in [0.25, 0.3) is 0 Å². The summed E-state index contributed by atoms with van der Waals surface area (Å²) in [4.78, 5) is 6.71. The largest absolute Gasteiger partial charge is 0.370 e. The fourth-order valence-electron chi connectivity index (χ4n) is 2.44. The molecule has 0 unspecified atom stereocenters. The van der Waals surface area contributed by atoms with Gasteiger partial charge in [0.05, 0.1) is 0 Å². The van der Waals surface area contributed by atoms with Gasteiger partial charge in [0.2, 0.25) is 0 Å². The Morgan fingerprint density at radius 3 is 2.25 bits per heavy atom. The Kier molecular flexibility index (Phi) is 4.88. The first kappa shape index (κ1) is 14.1. The van der Waals surface area contributed by atoms with Crippen molar-refractivity contribution in [2.45, 2.75) is 39.5 Å². The minimum atomic E-state index is 0. The fourth-order valence-corrected chi connectivity index (χ4v) is 2.44. The normalized spacial score (nSPS) is 22.5. The molecule has 2 aliphatic carbocycles. The van der Waals surface area contributed by atoms with Gasteiger partial charge in [-0.25, -0.2) is 0 Å². The lowest BCUT2D eigenvalue weighted by atomic mass is 10.0. The zero-order valence-corrected chi connectivity index (χ0v) is 12.7. The molecule has 2 fully saturated rings. The molecule has 0 aromatic carbocycles. The van der Waals surface area contributed by atoms with Crippen molar-refractivity contribution in [1.29, 1.82) is 0 Å². The van der Waals surface area contributed by atoms with E-state index in [0.29, 0.717) is 5.41 Å². The molecular weight excluding hydrogens is 313 g/mol. The van der Waals surface area contributed by atoms with Crippen molar-refractivity contribution in [1.82, 2.24) is 4.90 Å². The summed E-state index contributed by atoms with van der Waals surface area (Å²) in [5.74, 6) is 1.72. The summed E-state index contributed by atoms with van der Waals surface area (Å²) in [6.45, 7) is 7.14. The van der Waals surface area contributed by atoms with Crippen molar-refractivity contribution >= 4 is 29.9 Å². The topological polar surface area (TPSA) is 41.6 Å². The Hall–Kier alpha value is 0. The first-order chi connectivity index (χ1) is 7.22. The van der Waals surface area contributed by atoms with Crippen molar-refractivity contribution in [3.63, 3.8) is 0 Å². The van der Waals surface area contributed by atoms with E-state index in [9.17, 15) is 0 Å². The first-order valence-electron chi connectivity index (χ1n) is 6.26. The van der Waals surface area contributed by atoms with Crippen molar-refractivity contribution < 1.29 is 0 Å². The highest BCUT2D eigenvalue weighted by molar-refractivity contribution is 14.0. The highest BCUT2D eigenvalue weighted by Crippen LogP contribution is 2.61. The van der Waals surface area contributed by atoms with Gasteiger partial charge < -0.3 is 10.6 Å². The molecule has 0 amide bonds. The van der Waals surface area contributed by atoms with Gasteiger partial charge in [-0.15, -0.1) is 24.0 Å². The number of nitrogens with two attached hydrogens (primary N) is 1. The lowest BCUT2D eigenvalue weighted by molar-refractivity contribution is 0.432. The molecule has 16 heavy (non-hydrogen) atoms. The van der Waals surface area contributed by atoms with Gasteiger partial charge >= 0.3 is 0 Å². The molecule has 0 atom stereocenters. The summed E-state index contributed by atoms with van der Waals surface area (Å²) in [5.41, 5.74) is 6.55. The first-order valence-corrected chi connectivity index (χ1v) is 6.26. The third-order valence-electron chi connectivity index (χ3n) is 3.98. The monoisotopic (exact) mass is 337 g/mol. The highest BCUT2D eigenvalue weighted by Gasteiger charge is 2.53. The Labute approximate surface area is 116 Å². The van der Waals surface area contributed by atoms with Crippen LogP contribution in [-0.2, 0) is 0 Å². The van der Waals surface area contributed by atoms with E-state index in [1.807, 2.05) is 0 Å². The van der Waals surface area contributed by atoms with E-state index in [1.54, 1.807) is 0 Å². The van der Waals surface area contributed by atoms with Gasteiger partial charge in [0.25, 0.3) is 0 Å². The lowest BCUT2D eigenvalue weighted by Crippen LogP contribution is -2.37. The molecular formula is C12H24IN3. The summed E-state index contributed by atoms with van der Waals surface area (Å²) in [6.07, 6.45) is 5.63. The zero-order valence-electron chi connectivity index (χ0n) is 10.4. The van der Waals surface area contributed by atoms with Gasteiger partial charge in [-0.05, 0) is 50.9 Å². The van der Waals surface area contributed by atoms with Crippen LogP contribution >= 0.6 is 24.0 Å². The number of halogens is 1. The average Bonchev–Trinajstić information content (AvgIpc) is 3.08. The number of nitrogens with zero attached hydrogens (tertiary/aromatic N) is 2. The minimum Gasteiger partial charge on any atom is -0.370 e. The Bertz CT molecular complexity index is 253. The molecule has 0 saturated heterocycles. The third-order valence-corrected chi connectivity index (χ3v) is 3.98. The molecule has 3 nitrogen and oxygen atoms in total. The molecule has 94 valence electrons. The molecule has 2 aliphatic rings. The van der Waals surface area contributed by atoms with Crippen LogP contribution in [0.5, 0.6) is 0 Å². The molecule has 0 aromatic rings. The number of hydrogen-bond donors (Lipinski definition) is 1. The maximum Gasteiger partial charge on any atom is 0.191 e.